The fourth-order valence-corrected chi connectivity index (χ4v) is 5.21. The van der Waals surface area contributed by atoms with Crippen molar-refractivity contribution in [1.29, 1.82) is 0 Å². The Balaban J connectivity index is 1.32. The van der Waals surface area contributed by atoms with Gasteiger partial charge in [-0.15, -0.1) is 11.3 Å². The number of nitrogens with zero attached hydrogens (tertiary/aromatic N) is 3. The summed E-state index contributed by atoms with van der Waals surface area (Å²) in [6.07, 6.45) is -5.72. The summed E-state index contributed by atoms with van der Waals surface area (Å²) in [5, 5.41) is 5.72. The molecule has 13 heteroatoms. The Morgan fingerprint density at radius 2 is 2.05 bits per heavy atom. The number of benzene rings is 1. The number of carbonyl (C=O) groups excluding carboxylic acids is 2. The quantitative estimate of drug-likeness (QED) is 0.465. The largest absolute Gasteiger partial charge is 0.437 e. The number of hydrogen-bond donors (Lipinski definition) is 2. The molecule has 0 saturated carbocycles. The number of thiophene rings is 1. The summed E-state index contributed by atoms with van der Waals surface area (Å²) in [4.78, 5) is 35.4. The van der Waals surface area contributed by atoms with Gasteiger partial charge in [-0.25, -0.2) is 19.2 Å². The van der Waals surface area contributed by atoms with Crippen molar-refractivity contribution >= 4 is 34.8 Å². The van der Waals surface area contributed by atoms with Crippen LogP contribution in [0.5, 0.6) is 0 Å². The molecule has 194 valence electrons. The zero-order valence-corrected chi connectivity index (χ0v) is 20.3. The van der Waals surface area contributed by atoms with Gasteiger partial charge in [0.25, 0.3) is 5.91 Å². The van der Waals surface area contributed by atoms with E-state index in [0.29, 0.717) is 35.5 Å². The molecule has 0 spiro atoms. The molecule has 1 aromatic carbocycles. The second kappa shape index (κ2) is 9.61. The Morgan fingerprint density at radius 1 is 1.24 bits per heavy atom. The van der Waals surface area contributed by atoms with E-state index in [2.05, 4.69) is 25.3 Å². The van der Waals surface area contributed by atoms with Crippen LogP contribution in [0.1, 0.15) is 33.3 Å². The summed E-state index contributed by atoms with van der Waals surface area (Å²) in [6.45, 7) is 1.61. The van der Waals surface area contributed by atoms with Crippen LogP contribution in [0.3, 0.4) is 0 Å². The highest BCUT2D eigenvalue weighted by Crippen LogP contribution is 2.35. The van der Waals surface area contributed by atoms with Crippen molar-refractivity contribution in [3.63, 3.8) is 0 Å². The fourth-order valence-electron chi connectivity index (χ4n) is 4.11. The molecular weight excluding hydrogens is 514 g/mol. The van der Waals surface area contributed by atoms with Crippen molar-refractivity contribution in [2.45, 2.75) is 38.6 Å². The van der Waals surface area contributed by atoms with Crippen molar-refractivity contribution in [2.75, 3.05) is 18.4 Å². The Labute approximate surface area is 212 Å². The minimum Gasteiger partial charge on any atom is -0.437 e. The Kier molecular flexibility index (Phi) is 6.48. The van der Waals surface area contributed by atoms with Crippen LogP contribution in [-0.4, -0.2) is 52.2 Å². The SMILES string of the molecule is C[C@@H](OC(=O)N1CCc2sc(-c3ncc(F)c(Nc4ccc5c(c4)CCNC5=O)n3)cc2C1)C(F)(F)F. The van der Waals surface area contributed by atoms with E-state index >= 15 is 0 Å². The molecule has 1 atom stereocenters. The molecular formula is C24H21F4N5O3S. The van der Waals surface area contributed by atoms with Gasteiger partial charge >= 0.3 is 12.3 Å². The third-order valence-electron chi connectivity index (χ3n) is 6.12. The highest BCUT2D eigenvalue weighted by atomic mass is 32.1. The van der Waals surface area contributed by atoms with Crippen molar-refractivity contribution in [2.24, 2.45) is 0 Å². The van der Waals surface area contributed by atoms with Gasteiger partial charge < -0.3 is 20.3 Å². The highest BCUT2D eigenvalue weighted by Gasteiger charge is 2.40. The van der Waals surface area contributed by atoms with Crippen LogP contribution < -0.4 is 10.6 Å². The van der Waals surface area contributed by atoms with Crippen LogP contribution in [-0.2, 0) is 24.1 Å². The van der Waals surface area contributed by atoms with Gasteiger partial charge in [-0.3, -0.25) is 4.79 Å². The molecule has 5 rings (SSSR count). The summed E-state index contributed by atoms with van der Waals surface area (Å²) in [5.74, 6) is -0.580. The van der Waals surface area contributed by atoms with E-state index in [1.54, 1.807) is 24.3 Å². The van der Waals surface area contributed by atoms with Crippen LogP contribution in [0.15, 0.2) is 30.5 Å². The standard InChI is InChI=1S/C24H21F4N5O3S/c1-12(24(26,27)28)36-23(35)33-7-5-18-14(11-33)9-19(37-18)21-30-10-17(25)20(32-21)31-15-2-3-16-13(8-15)4-6-29-22(16)34/h2-3,8-10,12H,4-7,11H2,1H3,(H,29,34)(H,30,31,32)/t12-/m1/s1. The minimum atomic E-state index is -4.63. The number of aromatic nitrogens is 2. The molecule has 0 saturated heterocycles. The lowest BCUT2D eigenvalue weighted by molar-refractivity contribution is -0.199. The molecule has 2 aliphatic rings. The van der Waals surface area contributed by atoms with Gasteiger partial charge in [0, 0.05) is 29.2 Å². The second-order valence-electron chi connectivity index (χ2n) is 8.69. The topological polar surface area (TPSA) is 96.5 Å². The van der Waals surface area contributed by atoms with Crippen LogP contribution in [0.4, 0.5) is 33.9 Å². The maximum absolute atomic E-state index is 14.5. The van der Waals surface area contributed by atoms with Gasteiger partial charge in [0.1, 0.15) is 0 Å². The number of fused-ring (bicyclic) bond motifs is 2. The highest BCUT2D eigenvalue weighted by molar-refractivity contribution is 7.15. The number of hydrogen-bond acceptors (Lipinski definition) is 7. The lowest BCUT2D eigenvalue weighted by Crippen LogP contribution is -2.40. The predicted molar refractivity (Wildman–Crippen MR) is 127 cm³/mol. The Bertz CT molecular complexity index is 1380. The number of halogens is 4. The zero-order chi connectivity index (χ0) is 26.3. The van der Waals surface area contributed by atoms with E-state index in [0.717, 1.165) is 29.1 Å². The Hall–Kier alpha value is -3.74. The molecule has 2 aromatic heterocycles. The average Bonchev–Trinajstić information content (AvgIpc) is 3.28. The molecule has 0 radical (unpaired) electrons. The van der Waals surface area contributed by atoms with Crippen LogP contribution in [0, 0.1) is 5.82 Å². The predicted octanol–water partition coefficient (Wildman–Crippen LogP) is 4.82. The van der Waals surface area contributed by atoms with Crippen LogP contribution >= 0.6 is 11.3 Å². The molecule has 0 unspecified atom stereocenters. The van der Waals surface area contributed by atoms with Crippen molar-refractivity contribution in [3.05, 3.63) is 57.8 Å². The number of alkyl halides is 3. The first-order valence-electron chi connectivity index (χ1n) is 11.4. The molecule has 37 heavy (non-hydrogen) atoms. The number of rotatable bonds is 4. The van der Waals surface area contributed by atoms with Crippen LogP contribution in [0.2, 0.25) is 0 Å². The lowest BCUT2D eigenvalue weighted by atomic mass is 10.00. The molecule has 2 N–H and O–H groups in total. The van der Waals surface area contributed by atoms with Crippen LogP contribution in [0.25, 0.3) is 10.7 Å². The smallest absolute Gasteiger partial charge is 0.425 e. The molecule has 2 amide bonds. The van der Waals surface area contributed by atoms with Gasteiger partial charge in [0.15, 0.2) is 23.6 Å². The maximum atomic E-state index is 14.5. The molecule has 4 heterocycles. The minimum absolute atomic E-state index is 0.0390. The molecule has 0 bridgehead atoms. The van der Waals surface area contributed by atoms with Gasteiger partial charge in [0.05, 0.1) is 17.6 Å². The van der Waals surface area contributed by atoms with Crippen molar-refractivity contribution in [3.8, 4) is 10.7 Å². The lowest BCUT2D eigenvalue weighted by Gasteiger charge is -2.28. The summed E-state index contributed by atoms with van der Waals surface area (Å²) in [7, 11) is 0. The molecule has 0 fully saturated rings. The number of anilines is 2. The second-order valence-corrected chi connectivity index (χ2v) is 9.83. The number of nitrogens with one attached hydrogen (secondary N) is 2. The van der Waals surface area contributed by atoms with E-state index < -0.39 is 24.2 Å². The zero-order valence-electron chi connectivity index (χ0n) is 19.5. The molecule has 2 aliphatic heterocycles. The first kappa shape index (κ1) is 24.9. The van der Waals surface area contributed by atoms with Gasteiger partial charge in [-0.1, -0.05) is 0 Å². The number of ether oxygens (including phenoxy) is 1. The van der Waals surface area contributed by atoms with E-state index in [-0.39, 0.29) is 30.6 Å². The van der Waals surface area contributed by atoms with Crippen molar-refractivity contribution in [1.82, 2.24) is 20.2 Å². The van der Waals surface area contributed by atoms with E-state index in [9.17, 15) is 27.2 Å². The van der Waals surface area contributed by atoms with Gasteiger partial charge in [-0.2, -0.15) is 13.2 Å². The molecule has 0 aliphatic carbocycles. The summed E-state index contributed by atoms with van der Waals surface area (Å²) in [5.41, 5.74) is 2.75. The van der Waals surface area contributed by atoms with Gasteiger partial charge in [0.2, 0.25) is 0 Å². The third kappa shape index (κ3) is 5.22. The van der Waals surface area contributed by atoms with E-state index in [4.69, 9.17) is 0 Å². The van der Waals surface area contributed by atoms with E-state index in [1.807, 2.05) is 0 Å². The first-order valence-corrected chi connectivity index (χ1v) is 12.2. The van der Waals surface area contributed by atoms with E-state index in [1.165, 1.54) is 16.2 Å². The summed E-state index contributed by atoms with van der Waals surface area (Å²) in [6, 6.07) is 6.88. The molecule has 3 aromatic rings. The number of amides is 2. The summed E-state index contributed by atoms with van der Waals surface area (Å²) < 4.78 is 57.3. The Morgan fingerprint density at radius 3 is 2.84 bits per heavy atom. The van der Waals surface area contributed by atoms with Crippen molar-refractivity contribution < 1.29 is 31.9 Å². The molecule has 8 nitrogen and oxygen atoms in total. The average molecular weight is 536 g/mol. The maximum Gasteiger partial charge on any atom is 0.425 e. The third-order valence-corrected chi connectivity index (χ3v) is 7.35. The fraction of sp³-hybridized carbons (Fsp3) is 0.333. The first-order chi connectivity index (χ1) is 17.6. The number of carbonyl (C=O) groups is 2. The summed E-state index contributed by atoms with van der Waals surface area (Å²) >= 11 is 1.38. The van der Waals surface area contributed by atoms with Gasteiger partial charge in [-0.05, 0) is 55.2 Å². The monoisotopic (exact) mass is 535 g/mol. The normalized spacial score (nSPS) is 15.9.